The van der Waals surface area contributed by atoms with Crippen molar-refractivity contribution in [1.29, 1.82) is 0 Å². The largest absolute Gasteiger partial charge is 0.558 e. The third kappa shape index (κ3) is 7.86. The van der Waals surface area contributed by atoms with Gasteiger partial charge in [-0.25, -0.2) is 16.8 Å². The predicted octanol–water partition coefficient (Wildman–Crippen LogP) is 3.36. The van der Waals surface area contributed by atoms with Crippen molar-refractivity contribution in [2.45, 2.75) is 42.1 Å². The molecule has 9 nitrogen and oxygen atoms in total. The van der Waals surface area contributed by atoms with E-state index in [1.54, 1.807) is 21.3 Å². The number of hydrogen-bond donors (Lipinski definition) is 0. The number of alkyl halides is 10. The Kier molecular flexibility index (Phi) is 11.3. The maximum Gasteiger partial charge on any atom is 0.558 e. The van der Waals surface area contributed by atoms with Crippen molar-refractivity contribution < 1.29 is 78.5 Å². The van der Waals surface area contributed by atoms with Gasteiger partial charge in [0.05, 0.1) is 20.1 Å². The lowest BCUT2D eigenvalue weighted by Crippen LogP contribution is -2.62. The summed E-state index contributed by atoms with van der Waals surface area (Å²) in [4.78, 5) is 0. The SMILES string of the molecule is CO[Si](C[N+]1(C)CCCCC1)(OC)OC.O=S(=O)([N-]S(=O)(=O)C(F)(F)C(F)(F)F)C(F)(F)C(F)(F)F. The molecule has 0 aromatic heterocycles. The Balaban J connectivity index is 0.000000717. The molecule has 0 unspecified atom stereocenters. The third-order valence-electron chi connectivity index (χ3n) is 4.91. The van der Waals surface area contributed by atoms with Gasteiger partial charge >= 0.3 is 31.7 Å². The summed E-state index contributed by atoms with van der Waals surface area (Å²) in [5, 5.41) is -14.0. The van der Waals surface area contributed by atoms with E-state index in [0.717, 1.165) is 10.7 Å². The first kappa shape index (κ1) is 35.2. The number of quaternary nitrogens is 1. The lowest BCUT2D eigenvalue weighted by molar-refractivity contribution is -0.906. The van der Waals surface area contributed by atoms with Gasteiger partial charge < -0.3 is 21.9 Å². The molecule has 1 saturated heterocycles. The molecule has 0 bridgehead atoms. The van der Waals surface area contributed by atoms with Gasteiger partial charge in [-0.2, -0.15) is 43.9 Å². The second-order valence-electron chi connectivity index (χ2n) is 7.63. The van der Waals surface area contributed by atoms with Gasteiger partial charge in [-0.15, -0.1) is 0 Å². The Morgan fingerprint density at radius 2 is 1.00 bits per heavy atom. The van der Waals surface area contributed by atoms with Crippen molar-refractivity contribution in [1.82, 2.24) is 0 Å². The van der Waals surface area contributed by atoms with Gasteiger partial charge in [-0.3, -0.25) is 0 Å². The van der Waals surface area contributed by atoms with E-state index < -0.39 is 51.7 Å². The van der Waals surface area contributed by atoms with E-state index >= 15 is 0 Å². The molecule has 1 rings (SSSR count). The van der Waals surface area contributed by atoms with Gasteiger partial charge in [-0.1, -0.05) is 0 Å². The minimum Gasteiger partial charge on any atom is -0.425 e. The molecule has 0 amide bonds. The molecule has 0 aromatic carbocycles. The van der Waals surface area contributed by atoms with Crippen LogP contribution in [-0.2, 0) is 33.3 Å². The number of nitrogens with zero attached hydrogens (tertiary/aromatic N) is 2. The van der Waals surface area contributed by atoms with Gasteiger partial charge in [0.15, 0.2) is 20.0 Å². The standard InChI is InChI=1S/C10H24NO3Si.C4F10NO4S2/c1-11(8-6-5-7-9-11)10-15(12-2,13-3)14-4;5-1(6,7)3(11,12)20(16,17)15-21(18,19)4(13,14)2(8,9)10/h5-10H2,1-4H3;/q+1;-1. The summed E-state index contributed by atoms with van der Waals surface area (Å²) in [5.41, 5.74) is 0. The molecule has 22 heteroatoms. The summed E-state index contributed by atoms with van der Waals surface area (Å²) in [6.07, 6.45) is -9.15. The van der Waals surface area contributed by atoms with Crippen molar-refractivity contribution >= 4 is 28.9 Å². The van der Waals surface area contributed by atoms with Crippen molar-refractivity contribution in [2.24, 2.45) is 0 Å². The Bertz CT molecular complexity index is 870. The Morgan fingerprint density at radius 3 is 1.25 bits per heavy atom. The molecule has 1 fully saturated rings. The fraction of sp³-hybridized carbons (Fsp3) is 1.00. The summed E-state index contributed by atoms with van der Waals surface area (Å²) in [6, 6.07) is 0. The van der Waals surface area contributed by atoms with Crippen LogP contribution in [-0.4, -0.2) is 101 Å². The molecule has 0 spiro atoms. The van der Waals surface area contributed by atoms with E-state index in [2.05, 4.69) is 7.05 Å². The van der Waals surface area contributed by atoms with E-state index in [1.807, 2.05) is 0 Å². The third-order valence-corrected chi connectivity index (χ3v) is 11.3. The number of sulfonamides is 2. The van der Waals surface area contributed by atoms with Crippen LogP contribution in [0.3, 0.4) is 0 Å². The lowest BCUT2D eigenvalue weighted by Gasteiger charge is -2.41. The molecule has 1 aliphatic rings. The summed E-state index contributed by atoms with van der Waals surface area (Å²) < 4.78 is 179. The zero-order chi connectivity index (χ0) is 29.1. The molecular formula is C14H24F10N2O7S2Si. The summed E-state index contributed by atoms with van der Waals surface area (Å²) >= 11 is 0. The molecular weight excluding hydrogens is 590 g/mol. The van der Waals surface area contributed by atoms with Crippen LogP contribution in [0.25, 0.3) is 4.13 Å². The summed E-state index contributed by atoms with van der Waals surface area (Å²) in [5.74, 6) is 0. The van der Waals surface area contributed by atoms with Crippen LogP contribution in [0.15, 0.2) is 0 Å². The lowest BCUT2D eigenvalue weighted by atomic mass is 10.1. The van der Waals surface area contributed by atoms with Crippen LogP contribution in [0.2, 0.25) is 0 Å². The maximum absolute atomic E-state index is 12.3. The average molecular weight is 615 g/mol. The minimum absolute atomic E-state index is 0.422. The fourth-order valence-corrected chi connectivity index (χ4v) is 7.37. The fourth-order valence-electron chi connectivity index (χ4n) is 2.86. The van der Waals surface area contributed by atoms with Crippen molar-refractivity contribution in [3.8, 4) is 0 Å². The second-order valence-corrected chi connectivity index (χ2v) is 14.1. The highest BCUT2D eigenvalue weighted by Gasteiger charge is 2.68. The van der Waals surface area contributed by atoms with Crippen LogP contribution in [0.5, 0.6) is 0 Å². The average Bonchev–Trinajstić information content (AvgIpc) is 2.70. The molecule has 0 aliphatic carbocycles. The maximum atomic E-state index is 12.3. The van der Waals surface area contributed by atoms with Crippen LogP contribution in [0.4, 0.5) is 43.9 Å². The summed E-state index contributed by atoms with van der Waals surface area (Å²) in [6.45, 7) is 2.43. The van der Waals surface area contributed by atoms with Crippen molar-refractivity contribution in [2.75, 3.05) is 47.6 Å². The number of halogens is 10. The number of likely N-dealkylation sites (tertiary alicyclic amines) is 1. The van der Waals surface area contributed by atoms with Gasteiger partial charge in [-0.05, 0) is 19.3 Å². The monoisotopic (exact) mass is 614 g/mol. The molecule has 0 radical (unpaired) electrons. The molecule has 218 valence electrons. The van der Waals surface area contributed by atoms with Gasteiger partial charge in [0.2, 0.25) is 0 Å². The molecule has 0 aromatic rings. The van der Waals surface area contributed by atoms with E-state index in [-0.39, 0.29) is 0 Å². The van der Waals surface area contributed by atoms with Gasteiger partial charge in [0, 0.05) is 21.3 Å². The number of rotatable bonds is 9. The highest BCUT2D eigenvalue weighted by Crippen LogP contribution is 2.47. The first-order valence-corrected chi connectivity index (χ1v) is 14.2. The molecule has 0 N–H and O–H groups in total. The zero-order valence-corrected chi connectivity index (χ0v) is 21.7. The second kappa shape index (κ2) is 11.5. The predicted molar refractivity (Wildman–Crippen MR) is 105 cm³/mol. The topological polar surface area (TPSA) is 110 Å². The zero-order valence-electron chi connectivity index (χ0n) is 19.1. The highest BCUT2D eigenvalue weighted by molar-refractivity contribution is 8.13. The van der Waals surface area contributed by atoms with Crippen LogP contribution < -0.4 is 0 Å². The molecule has 1 heterocycles. The van der Waals surface area contributed by atoms with E-state index in [0.29, 0.717) is 4.13 Å². The number of piperidine rings is 1. The number of hydrogen-bond acceptors (Lipinski definition) is 7. The minimum atomic E-state index is -7.62. The molecule has 36 heavy (non-hydrogen) atoms. The first-order valence-electron chi connectivity index (χ1n) is 9.42. The van der Waals surface area contributed by atoms with Crippen molar-refractivity contribution in [3.63, 3.8) is 0 Å². The first-order chi connectivity index (χ1) is 15.8. The van der Waals surface area contributed by atoms with Crippen LogP contribution in [0.1, 0.15) is 19.3 Å². The molecule has 0 saturated carbocycles. The van der Waals surface area contributed by atoms with Crippen molar-refractivity contribution in [3.05, 3.63) is 4.13 Å². The van der Waals surface area contributed by atoms with Gasteiger partial charge in [0.1, 0.15) is 6.17 Å². The molecule has 0 atom stereocenters. The molecule has 1 aliphatic heterocycles. The quantitative estimate of drug-likeness (QED) is 0.223. The smallest absolute Gasteiger partial charge is 0.425 e. The highest BCUT2D eigenvalue weighted by atomic mass is 32.3. The van der Waals surface area contributed by atoms with E-state index in [9.17, 15) is 60.7 Å². The normalized spacial score (nSPS) is 18.4. The van der Waals surface area contributed by atoms with Crippen LogP contribution >= 0.6 is 0 Å². The van der Waals surface area contributed by atoms with Crippen LogP contribution in [0, 0.1) is 0 Å². The van der Waals surface area contributed by atoms with E-state index in [1.165, 1.54) is 32.4 Å². The van der Waals surface area contributed by atoms with Gasteiger partial charge in [0.25, 0.3) is 0 Å². The van der Waals surface area contributed by atoms with E-state index in [4.69, 9.17) is 13.3 Å². The Morgan fingerprint density at radius 1 is 0.694 bits per heavy atom. The Hall–Kier alpha value is -0.783. The summed E-state index contributed by atoms with van der Waals surface area (Å²) in [7, 11) is -10.3. The Labute approximate surface area is 201 Å².